The van der Waals surface area contributed by atoms with Gasteiger partial charge in [-0.25, -0.2) is 18.0 Å². The first-order chi connectivity index (χ1) is 25.3. The van der Waals surface area contributed by atoms with Crippen molar-refractivity contribution in [1.82, 2.24) is 25.2 Å². The number of fused-ring (bicyclic) bond motifs is 3. The second kappa shape index (κ2) is 14.9. The van der Waals surface area contributed by atoms with Crippen LogP contribution in [0.4, 0.5) is 9.59 Å². The summed E-state index contributed by atoms with van der Waals surface area (Å²) < 4.78 is 45.4. The maximum Gasteiger partial charge on any atom is 0.410 e. The molecule has 1 aromatic carbocycles. The Morgan fingerprint density at radius 3 is 2.46 bits per heavy atom. The predicted octanol–water partition coefficient (Wildman–Crippen LogP) is 3.73. The molecule has 1 aromatic rings. The van der Waals surface area contributed by atoms with Gasteiger partial charge in [0.2, 0.25) is 21.8 Å². The molecule has 5 amide bonds. The number of nitrogens with zero attached hydrogens (tertiary/aromatic N) is 2. The Labute approximate surface area is 317 Å². The number of cyclic esters (lactones) is 1. The van der Waals surface area contributed by atoms with E-state index in [0.29, 0.717) is 38.2 Å². The van der Waals surface area contributed by atoms with E-state index in [9.17, 15) is 32.4 Å². The van der Waals surface area contributed by atoms with Gasteiger partial charge < -0.3 is 29.7 Å². The highest BCUT2D eigenvalue weighted by Gasteiger charge is 2.62. The smallest absolute Gasteiger partial charge is 0.410 e. The molecule has 298 valence electrons. The quantitative estimate of drug-likeness (QED) is 0.384. The molecule has 5 atom stereocenters. The zero-order valence-electron chi connectivity index (χ0n) is 32.2. The van der Waals surface area contributed by atoms with Gasteiger partial charge in [-0.15, -0.1) is 0 Å². The van der Waals surface area contributed by atoms with E-state index in [1.807, 2.05) is 39.0 Å². The molecule has 4 bridgehead atoms. The Bertz CT molecular complexity index is 1770. The molecule has 6 rings (SSSR count). The summed E-state index contributed by atoms with van der Waals surface area (Å²) in [6.45, 7) is 12.2. The molecule has 15 nitrogen and oxygen atoms in total. The van der Waals surface area contributed by atoms with Crippen LogP contribution in [0.2, 0.25) is 0 Å². The highest BCUT2D eigenvalue weighted by molar-refractivity contribution is 7.91. The number of amides is 5. The number of hydrogen-bond acceptors (Lipinski definition) is 10. The van der Waals surface area contributed by atoms with Crippen LogP contribution in [-0.4, -0.2) is 96.9 Å². The van der Waals surface area contributed by atoms with Crippen LogP contribution in [0, 0.1) is 16.7 Å². The van der Waals surface area contributed by atoms with E-state index in [1.54, 1.807) is 25.7 Å². The Kier molecular flexibility index (Phi) is 10.9. The summed E-state index contributed by atoms with van der Waals surface area (Å²) in [6.07, 6.45) is 1.64. The van der Waals surface area contributed by atoms with Gasteiger partial charge in [-0.2, -0.15) is 0 Å². The van der Waals surface area contributed by atoms with Gasteiger partial charge in [0.1, 0.15) is 29.5 Å². The maximum atomic E-state index is 14.5. The number of hydrogen-bond donors (Lipinski definition) is 3. The second-order valence-electron chi connectivity index (χ2n) is 17.4. The Hall–Kier alpha value is -4.08. The van der Waals surface area contributed by atoms with Crippen LogP contribution in [-0.2, 0) is 47.0 Å². The fourth-order valence-corrected chi connectivity index (χ4v) is 9.10. The molecule has 0 spiro atoms. The molecular formula is C38H55N5O10S. The summed E-state index contributed by atoms with van der Waals surface area (Å²) in [7, 11) is -3.89. The molecule has 3 aliphatic heterocycles. The van der Waals surface area contributed by atoms with Crippen LogP contribution in [0.3, 0.4) is 0 Å². The lowest BCUT2D eigenvalue weighted by Gasteiger charge is -2.35. The van der Waals surface area contributed by atoms with E-state index in [1.165, 1.54) is 4.90 Å². The average Bonchev–Trinajstić information content (AvgIpc) is 3.99. The molecule has 5 aliphatic rings. The number of carbonyl (C=O) groups is 5. The lowest BCUT2D eigenvalue weighted by molar-refractivity contribution is -0.143. The van der Waals surface area contributed by atoms with Crippen molar-refractivity contribution in [3.63, 3.8) is 0 Å². The van der Waals surface area contributed by atoms with E-state index >= 15 is 0 Å². The molecule has 2 saturated carbocycles. The van der Waals surface area contributed by atoms with Gasteiger partial charge in [0, 0.05) is 18.5 Å². The first-order valence-corrected chi connectivity index (χ1v) is 20.7. The number of carbonyl (C=O) groups excluding carboxylic acids is 5. The first kappa shape index (κ1) is 39.6. The molecule has 1 unspecified atom stereocenters. The third kappa shape index (κ3) is 8.57. The van der Waals surface area contributed by atoms with Crippen molar-refractivity contribution in [3.8, 4) is 5.75 Å². The lowest BCUT2D eigenvalue weighted by atomic mass is 9.85. The molecule has 3 N–H and O–H groups in total. The topological polar surface area (TPSA) is 190 Å². The predicted molar refractivity (Wildman–Crippen MR) is 196 cm³/mol. The third-order valence-electron chi connectivity index (χ3n) is 11.3. The molecule has 3 fully saturated rings. The molecule has 54 heavy (non-hydrogen) atoms. The van der Waals surface area contributed by atoms with Gasteiger partial charge >= 0.3 is 12.2 Å². The average molecular weight is 774 g/mol. The fourth-order valence-electron chi connectivity index (χ4n) is 7.74. The number of benzene rings is 1. The highest BCUT2D eigenvalue weighted by atomic mass is 32.2. The third-order valence-corrected chi connectivity index (χ3v) is 13.2. The SMILES string of the molecule is CC[C@H]1C[C@@]1(NC(=O)C1C[C@@H]2CN1C(=O)[C@H](C(C)(C)C)NC(=O)OCC(C)(C)CCCCOc1cccc3c1CN(C3)C(=O)O2)C(=O)NS(=O)(=O)C1CC1. The van der Waals surface area contributed by atoms with Crippen molar-refractivity contribution in [1.29, 1.82) is 0 Å². The zero-order valence-corrected chi connectivity index (χ0v) is 33.0. The van der Waals surface area contributed by atoms with Gasteiger partial charge in [0.15, 0.2) is 0 Å². The summed E-state index contributed by atoms with van der Waals surface area (Å²) in [5, 5.41) is 4.92. The highest BCUT2D eigenvalue weighted by Crippen LogP contribution is 2.47. The van der Waals surface area contributed by atoms with Crippen LogP contribution in [0.15, 0.2) is 18.2 Å². The van der Waals surface area contributed by atoms with Crippen LogP contribution in [0.5, 0.6) is 5.75 Å². The molecule has 0 aromatic heterocycles. The molecule has 2 aliphatic carbocycles. The number of alkyl carbamates (subject to hydrolysis) is 1. The van der Waals surface area contributed by atoms with Crippen molar-refractivity contribution in [2.24, 2.45) is 16.7 Å². The van der Waals surface area contributed by atoms with Crippen molar-refractivity contribution in [3.05, 3.63) is 29.3 Å². The molecular weight excluding hydrogens is 719 g/mol. The Morgan fingerprint density at radius 1 is 1.06 bits per heavy atom. The summed E-state index contributed by atoms with van der Waals surface area (Å²) in [6, 6.07) is 3.37. The van der Waals surface area contributed by atoms with E-state index in [-0.39, 0.29) is 43.9 Å². The van der Waals surface area contributed by atoms with Crippen LogP contribution >= 0.6 is 0 Å². The van der Waals surface area contributed by atoms with E-state index in [0.717, 1.165) is 30.4 Å². The molecule has 16 heteroatoms. The molecule has 1 saturated heterocycles. The van der Waals surface area contributed by atoms with E-state index < -0.39 is 74.3 Å². The Balaban J connectivity index is 1.27. The van der Waals surface area contributed by atoms with Gasteiger partial charge in [-0.3, -0.25) is 24.0 Å². The number of sulfonamides is 1. The van der Waals surface area contributed by atoms with Gasteiger partial charge in [-0.1, -0.05) is 60.1 Å². The fraction of sp³-hybridized carbons (Fsp3) is 0.711. The summed E-state index contributed by atoms with van der Waals surface area (Å²) >= 11 is 0. The number of ether oxygens (including phenoxy) is 3. The van der Waals surface area contributed by atoms with Crippen LogP contribution in [0.1, 0.15) is 104 Å². The van der Waals surface area contributed by atoms with Gasteiger partial charge in [0.05, 0.1) is 31.6 Å². The van der Waals surface area contributed by atoms with Gasteiger partial charge in [-0.05, 0) is 66.9 Å². The van der Waals surface area contributed by atoms with Crippen molar-refractivity contribution in [2.45, 2.75) is 135 Å². The van der Waals surface area contributed by atoms with Crippen LogP contribution in [0.25, 0.3) is 0 Å². The lowest BCUT2D eigenvalue weighted by Crippen LogP contribution is -2.60. The minimum absolute atomic E-state index is 0.0805. The summed E-state index contributed by atoms with van der Waals surface area (Å²) in [5.74, 6) is -1.69. The van der Waals surface area contributed by atoms with E-state index in [4.69, 9.17) is 14.2 Å². The first-order valence-electron chi connectivity index (χ1n) is 19.1. The van der Waals surface area contributed by atoms with Gasteiger partial charge in [0.25, 0.3) is 5.91 Å². The number of nitrogens with one attached hydrogen (secondary N) is 3. The Morgan fingerprint density at radius 2 is 1.80 bits per heavy atom. The standard InChI is InChI=1S/C38H55N5O10S/c1-7-24-18-38(24,33(46)41-54(49,50)26-13-14-26)40-31(44)28-17-25-20-43(28)32(45)30(36(2,3)4)39-34(47)52-22-37(5,6)15-8-9-16-51-29-12-10-11-23-19-42(21-27(23)29)35(48)53-25/h10-12,24-26,28,30H,7-9,13-22H2,1-6H3,(H,39,47)(H,40,44)(H,41,46)/t24-,25+,28?,30+,38-/m0/s1. The van der Waals surface area contributed by atoms with Crippen molar-refractivity contribution < 1.29 is 46.6 Å². The van der Waals surface area contributed by atoms with E-state index in [2.05, 4.69) is 15.4 Å². The largest absolute Gasteiger partial charge is 0.493 e. The van der Waals surface area contributed by atoms with Crippen LogP contribution < -0.4 is 20.1 Å². The molecule has 3 heterocycles. The summed E-state index contributed by atoms with van der Waals surface area (Å²) in [5.41, 5.74) is -0.823. The normalized spacial score (nSPS) is 29.2. The zero-order chi connectivity index (χ0) is 39.2. The number of rotatable bonds is 6. The second-order valence-corrected chi connectivity index (χ2v) is 19.4. The van der Waals surface area contributed by atoms with Crippen molar-refractivity contribution in [2.75, 3.05) is 19.8 Å². The summed E-state index contributed by atoms with van der Waals surface area (Å²) in [4.78, 5) is 72.0. The monoisotopic (exact) mass is 773 g/mol. The molecule has 0 radical (unpaired) electrons. The maximum absolute atomic E-state index is 14.5. The van der Waals surface area contributed by atoms with Crippen molar-refractivity contribution >= 4 is 39.9 Å². The minimum atomic E-state index is -3.89. The minimum Gasteiger partial charge on any atom is -0.493 e.